The summed E-state index contributed by atoms with van der Waals surface area (Å²) in [5.41, 5.74) is 1.02. The van der Waals surface area contributed by atoms with Gasteiger partial charge in [-0.1, -0.05) is 17.7 Å². The smallest absolute Gasteiger partial charge is 0.141 e. The number of aromatic amines is 1. The quantitative estimate of drug-likeness (QED) is 0.805. The fourth-order valence-corrected chi connectivity index (χ4v) is 1.44. The van der Waals surface area contributed by atoms with Gasteiger partial charge in [-0.15, -0.1) is 0 Å². The molecule has 0 amide bonds. The van der Waals surface area contributed by atoms with E-state index in [9.17, 15) is 4.39 Å². The highest BCUT2D eigenvalue weighted by Crippen LogP contribution is 2.25. The molecule has 1 heterocycles. The first-order valence-corrected chi connectivity index (χ1v) is 4.49. The fraction of sp³-hybridized carbons (Fsp3) is 0. The second-order valence-corrected chi connectivity index (χ2v) is 3.25. The van der Waals surface area contributed by atoms with Gasteiger partial charge < -0.3 is 4.98 Å². The first-order valence-electron chi connectivity index (χ1n) is 4.11. The van der Waals surface area contributed by atoms with Gasteiger partial charge in [0.05, 0.1) is 11.9 Å². The van der Waals surface area contributed by atoms with Crippen molar-refractivity contribution in [2.45, 2.75) is 0 Å². The Labute approximate surface area is 90.1 Å². The molecule has 1 aromatic heterocycles. The molecule has 0 unspecified atom stereocenters. The van der Waals surface area contributed by atoms with E-state index in [0.717, 1.165) is 0 Å². The summed E-state index contributed by atoms with van der Waals surface area (Å²) in [6.07, 6.45) is 1.42. The number of H-pyrrole nitrogens is 1. The Morgan fingerprint density at radius 3 is 2.80 bits per heavy atom. The van der Waals surface area contributed by atoms with Gasteiger partial charge in [0.2, 0.25) is 0 Å². The predicted octanol–water partition coefficient (Wildman–Crippen LogP) is 2.74. The summed E-state index contributed by atoms with van der Waals surface area (Å²) in [7, 11) is 0. The van der Waals surface area contributed by atoms with E-state index in [4.69, 9.17) is 16.9 Å². The van der Waals surface area contributed by atoms with Crippen molar-refractivity contribution in [2.75, 3.05) is 0 Å². The molecule has 2 rings (SSSR count). The lowest BCUT2D eigenvalue weighted by molar-refractivity contribution is 0.624. The Balaban J connectivity index is 2.53. The summed E-state index contributed by atoms with van der Waals surface area (Å²) >= 11 is 5.79. The Morgan fingerprint density at radius 1 is 1.47 bits per heavy atom. The average Bonchev–Trinajstić information content (AvgIpc) is 2.64. The first kappa shape index (κ1) is 9.69. The molecule has 2 aromatic rings. The highest BCUT2D eigenvalue weighted by molar-refractivity contribution is 6.31. The molecule has 0 spiro atoms. The number of hydrogen-bond donors (Lipinski definition) is 1. The summed E-state index contributed by atoms with van der Waals surface area (Å²) in [5, 5.41) is 8.90. The van der Waals surface area contributed by atoms with Crippen LogP contribution >= 0.6 is 11.6 Å². The molecule has 0 fully saturated rings. The third kappa shape index (κ3) is 1.69. The zero-order chi connectivity index (χ0) is 10.8. The maximum Gasteiger partial charge on any atom is 0.141 e. The van der Waals surface area contributed by atoms with Crippen molar-refractivity contribution < 1.29 is 4.39 Å². The van der Waals surface area contributed by atoms with Crippen molar-refractivity contribution in [1.29, 1.82) is 5.26 Å². The average molecular weight is 222 g/mol. The van der Waals surface area contributed by atoms with Gasteiger partial charge in [0.15, 0.2) is 0 Å². The van der Waals surface area contributed by atoms with Crippen LogP contribution in [0.2, 0.25) is 5.15 Å². The van der Waals surface area contributed by atoms with E-state index in [1.54, 1.807) is 12.1 Å². The Morgan fingerprint density at radius 2 is 2.27 bits per heavy atom. The monoisotopic (exact) mass is 221 g/mol. The van der Waals surface area contributed by atoms with Crippen LogP contribution in [-0.4, -0.2) is 9.97 Å². The molecule has 74 valence electrons. The van der Waals surface area contributed by atoms with Gasteiger partial charge in [0.25, 0.3) is 0 Å². The molecule has 0 radical (unpaired) electrons. The molecule has 0 bridgehead atoms. The lowest BCUT2D eigenvalue weighted by atomic mass is 10.1. The molecule has 0 saturated carbocycles. The molecular weight excluding hydrogens is 217 g/mol. The number of aromatic nitrogens is 2. The predicted molar refractivity (Wildman–Crippen MR) is 53.7 cm³/mol. The number of halogens is 2. The van der Waals surface area contributed by atoms with Crippen molar-refractivity contribution in [3.63, 3.8) is 0 Å². The second-order valence-electron chi connectivity index (χ2n) is 2.87. The van der Waals surface area contributed by atoms with Crippen molar-refractivity contribution in [3.8, 4) is 17.3 Å². The Kier molecular flexibility index (Phi) is 2.40. The number of nitrogens with zero attached hydrogens (tertiary/aromatic N) is 2. The molecule has 1 aromatic carbocycles. The normalized spacial score (nSPS) is 9.93. The molecule has 0 aliphatic heterocycles. The highest BCUT2D eigenvalue weighted by Gasteiger charge is 2.09. The third-order valence-corrected chi connectivity index (χ3v) is 2.24. The van der Waals surface area contributed by atoms with Crippen molar-refractivity contribution in [1.82, 2.24) is 9.97 Å². The number of benzene rings is 1. The van der Waals surface area contributed by atoms with Crippen LogP contribution in [0.3, 0.4) is 0 Å². The molecule has 0 aliphatic rings. The van der Waals surface area contributed by atoms with E-state index in [-0.39, 0.29) is 5.56 Å². The Hall–Kier alpha value is -1.86. The van der Waals surface area contributed by atoms with Crippen LogP contribution < -0.4 is 0 Å². The molecule has 1 N–H and O–H groups in total. The van der Waals surface area contributed by atoms with Crippen molar-refractivity contribution >= 4 is 11.6 Å². The van der Waals surface area contributed by atoms with Gasteiger partial charge in [0, 0.05) is 5.56 Å². The molecule has 0 aliphatic carbocycles. The summed E-state index contributed by atoms with van der Waals surface area (Å²) in [6, 6.07) is 5.98. The maximum absolute atomic E-state index is 13.3. The fourth-order valence-electron chi connectivity index (χ4n) is 1.23. The molecule has 3 nitrogen and oxygen atoms in total. The van der Waals surface area contributed by atoms with E-state index in [0.29, 0.717) is 16.4 Å². The lowest BCUT2D eigenvalue weighted by Crippen LogP contribution is -1.86. The number of nitrogens with one attached hydrogen (secondary N) is 1. The summed E-state index contributed by atoms with van der Waals surface area (Å²) in [4.78, 5) is 6.63. The highest BCUT2D eigenvalue weighted by atomic mass is 35.5. The van der Waals surface area contributed by atoms with Crippen LogP contribution in [0.15, 0.2) is 24.5 Å². The van der Waals surface area contributed by atoms with E-state index in [1.807, 2.05) is 0 Å². The van der Waals surface area contributed by atoms with E-state index >= 15 is 0 Å². The minimum Gasteiger partial charge on any atom is -0.335 e. The molecular formula is C10H5ClFN3. The molecule has 0 saturated heterocycles. The topological polar surface area (TPSA) is 52.5 Å². The Bertz CT molecular complexity index is 542. The third-order valence-electron chi connectivity index (χ3n) is 1.96. The van der Waals surface area contributed by atoms with Crippen LogP contribution in [0.5, 0.6) is 0 Å². The molecule has 0 atom stereocenters. The van der Waals surface area contributed by atoms with Crippen molar-refractivity contribution in [2.24, 2.45) is 0 Å². The summed E-state index contributed by atoms with van der Waals surface area (Å²) < 4.78 is 13.3. The van der Waals surface area contributed by atoms with Gasteiger partial charge in [-0.2, -0.15) is 5.26 Å². The lowest BCUT2D eigenvalue weighted by Gasteiger charge is -1.99. The standard InChI is InChI=1S/C10H5ClFN3/c11-10-9(14-5-15-10)6-1-2-7(4-13)8(12)3-6/h1-3,5H,(H,14,15). The van der Waals surface area contributed by atoms with Gasteiger partial charge >= 0.3 is 0 Å². The van der Waals surface area contributed by atoms with E-state index in [2.05, 4.69) is 9.97 Å². The van der Waals surface area contributed by atoms with Gasteiger partial charge in [-0.05, 0) is 12.1 Å². The SMILES string of the molecule is N#Cc1ccc(-c2nc[nH]c2Cl)cc1F. The zero-order valence-electron chi connectivity index (χ0n) is 7.46. The number of nitriles is 1. The van der Waals surface area contributed by atoms with E-state index < -0.39 is 5.82 Å². The molecule has 15 heavy (non-hydrogen) atoms. The van der Waals surface area contributed by atoms with Gasteiger partial charge in [-0.3, -0.25) is 0 Å². The van der Waals surface area contributed by atoms with Crippen LogP contribution in [0, 0.1) is 17.1 Å². The number of rotatable bonds is 1. The minimum absolute atomic E-state index is 0.00501. The maximum atomic E-state index is 13.3. The zero-order valence-corrected chi connectivity index (χ0v) is 8.22. The van der Waals surface area contributed by atoms with Crippen LogP contribution in [0.1, 0.15) is 5.56 Å². The first-order chi connectivity index (χ1) is 7.22. The molecule has 5 heteroatoms. The summed E-state index contributed by atoms with van der Waals surface area (Å²) in [6.45, 7) is 0. The summed E-state index contributed by atoms with van der Waals surface area (Å²) in [5.74, 6) is -0.575. The van der Waals surface area contributed by atoms with Crippen LogP contribution in [-0.2, 0) is 0 Å². The van der Waals surface area contributed by atoms with Crippen LogP contribution in [0.4, 0.5) is 4.39 Å². The second kappa shape index (κ2) is 3.71. The van der Waals surface area contributed by atoms with Gasteiger partial charge in [0.1, 0.15) is 22.7 Å². The largest absolute Gasteiger partial charge is 0.335 e. The van der Waals surface area contributed by atoms with E-state index in [1.165, 1.54) is 18.5 Å². The minimum atomic E-state index is -0.575. The number of imidazole rings is 1. The number of hydrogen-bond acceptors (Lipinski definition) is 2. The van der Waals surface area contributed by atoms with Crippen molar-refractivity contribution in [3.05, 3.63) is 41.1 Å². The van der Waals surface area contributed by atoms with Crippen LogP contribution in [0.25, 0.3) is 11.3 Å². The van der Waals surface area contributed by atoms with Gasteiger partial charge in [-0.25, -0.2) is 9.37 Å².